The van der Waals surface area contributed by atoms with Crippen molar-refractivity contribution in [1.82, 2.24) is 5.32 Å². The summed E-state index contributed by atoms with van der Waals surface area (Å²) in [5.41, 5.74) is 0.676. The van der Waals surface area contributed by atoms with Crippen LogP contribution in [0.1, 0.15) is 26.7 Å². The second kappa shape index (κ2) is 1.51. The van der Waals surface area contributed by atoms with Crippen LogP contribution in [0.15, 0.2) is 0 Å². The molecule has 0 unspecified atom stereocenters. The molecule has 9 heavy (non-hydrogen) atoms. The van der Waals surface area contributed by atoms with Gasteiger partial charge in [-0.3, -0.25) is 0 Å². The number of hydrogen-bond acceptors (Lipinski definition) is 1. The molecule has 1 N–H and O–H groups in total. The van der Waals surface area contributed by atoms with E-state index in [4.69, 9.17) is 0 Å². The molecule has 2 rings (SSSR count). The predicted octanol–water partition coefficient (Wildman–Crippen LogP) is 1.39. The molecule has 0 aromatic rings. The van der Waals surface area contributed by atoms with Crippen LogP contribution >= 0.6 is 0 Å². The van der Waals surface area contributed by atoms with Crippen molar-refractivity contribution >= 4 is 0 Å². The van der Waals surface area contributed by atoms with E-state index < -0.39 is 0 Å². The van der Waals surface area contributed by atoms with Crippen molar-refractivity contribution in [2.75, 3.05) is 6.54 Å². The maximum Gasteiger partial charge on any atom is 0.0312 e. The monoisotopic (exact) mass is 125 g/mol. The molecule has 1 aliphatic heterocycles. The first-order valence-electron chi connectivity index (χ1n) is 3.97. The van der Waals surface area contributed by atoms with Crippen molar-refractivity contribution in [1.29, 1.82) is 0 Å². The molecule has 0 aromatic heterocycles. The van der Waals surface area contributed by atoms with Gasteiger partial charge in [0.25, 0.3) is 0 Å². The molecule has 52 valence electrons. The van der Waals surface area contributed by atoms with E-state index in [1.165, 1.54) is 19.4 Å². The van der Waals surface area contributed by atoms with E-state index in [1.54, 1.807) is 0 Å². The number of rotatable bonds is 1. The highest BCUT2D eigenvalue weighted by molar-refractivity contribution is 5.13. The third kappa shape index (κ3) is 0.787. The lowest BCUT2D eigenvalue weighted by atomic mass is 9.69. The largest absolute Gasteiger partial charge is 0.308 e. The van der Waals surface area contributed by atoms with Gasteiger partial charge in [-0.15, -0.1) is 0 Å². The lowest BCUT2D eigenvalue weighted by molar-refractivity contribution is 0.176. The Hall–Kier alpha value is -0.0400. The topological polar surface area (TPSA) is 21.9 Å². The molecule has 0 bridgehead atoms. The summed E-state index contributed by atoms with van der Waals surface area (Å²) in [4.78, 5) is 0. The van der Waals surface area contributed by atoms with E-state index in [2.05, 4.69) is 19.2 Å². The molecule has 2 aliphatic rings. The van der Waals surface area contributed by atoms with Crippen LogP contribution in [0.3, 0.4) is 0 Å². The fourth-order valence-electron chi connectivity index (χ4n) is 1.83. The number of nitrogens with one attached hydrogen (secondary N) is 1. The molecule has 0 aromatic carbocycles. The molecule has 1 aliphatic carbocycles. The van der Waals surface area contributed by atoms with E-state index in [-0.39, 0.29) is 0 Å². The van der Waals surface area contributed by atoms with Gasteiger partial charge in [-0.1, -0.05) is 13.8 Å². The van der Waals surface area contributed by atoms with Gasteiger partial charge in [0.15, 0.2) is 0 Å². The summed E-state index contributed by atoms with van der Waals surface area (Å²) in [5.74, 6) is 1.94. The highest BCUT2D eigenvalue weighted by Gasteiger charge is 2.53. The third-order valence-electron chi connectivity index (χ3n) is 2.93. The van der Waals surface area contributed by atoms with Gasteiger partial charge in [0.05, 0.1) is 0 Å². The molecular weight excluding hydrogens is 110 g/mol. The second-order valence-electron chi connectivity index (χ2n) is 4.05. The number of hydrogen-bond donors (Lipinski definition) is 1. The van der Waals surface area contributed by atoms with E-state index in [0.29, 0.717) is 5.54 Å². The van der Waals surface area contributed by atoms with Gasteiger partial charge >= 0.3 is 0 Å². The zero-order valence-electron chi connectivity index (χ0n) is 6.28. The summed E-state index contributed by atoms with van der Waals surface area (Å²) < 4.78 is 0. The lowest BCUT2D eigenvalue weighted by Gasteiger charge is -2.37. The predicted molar refractivity (Wildman–Crippen MR) is 38.3 cm³/mol. The average molecular weight is 125 g/mol. The summed E-state index contributed by atoms with van der Waals surface area (Å²) in [6.45, 7) is 5.97. The Bertz CT molecular complexity index is 117. The summed E-state index contributed by atoms with van der Waals surface area (Å²) in [6.07, 6.45) is 2.90. The van der Waals surface area contributed by atoms with Gasteiger partial charge in [-0.05, 0) is 24.7 Å². The molecule has 0 radical (unpaired) electrons. The first kappa shape index (κ1) is 5.72. The van der Waals surface area contributed by atoms with Gasteiger partial charge in [0.2, 0.25) is 0 Å². The van der Waals surface area contributed by atoms with Crippen LogP contribution in [-0.2, 0) is 0 Å². The molecule has 1 nitrogen and oxygen atoms in total. The normalized spacial score (nSPS) is 47.7. The van der Waals surface area contributed by atoms with Crippen LogP contribution < -0.4 is 5.32 Å². The standard InChI is InChI=1S/C8H15N/c1-6(2)7-3-8(4-7)5-9-8/h6-7,9H,3-5H2,1-2H3. The molecule has 0 amide bonds. The van der Waals surface area contributed by atoms with Gasteiger partial charge in [-0.2, -0.15) is 0 Å². The van der Waals surface area contributed by atoms with Crippen molar-refractivity contribution in [3.05, 3.63) is 0 Å². The molecule has 2 fully saturated rings. The molecule has 1 saturated carbocycles. The zero-order chi connectivity index (χ0) is 6.48. The summed E-state index contributed by atoms with van der Waals surface area (Å²) in [7, 11) is 0. The van der Waals surface area contributed by atoms with Crippen molar-refractivity contribution in [3.8, 4) is 0 Å². The quantitative estimate of drug-likeness (QED) is 0.526. The summed E-state index contributed by atoms with van der Waals surface area (Å²) >= 11 is 0. The maximum absolute atomic E-state index is 3.43. The van der Waals surface area contributed by atoms with Crippen molar-refractivity contribution in [2.24, 2.45) is 11.8 Å². The van der Waals surface area contributed by atoms with Gasteiger partial charge < -0.3 is 5.32 Å². The van der Waals surface area contributed by atoms with Crippen molar-refractivity contribution in [3.63, 3.8) is 0 Å². The molecular formula is C8H15N. The Morgan fingerprint density at radius 2 is 2.00 bits per heavy atom. The molecule has 0 atom stereocenters. The minimum atomic E-state index is 0.676. The van der Waals surface area contributed by atoms with Gasteiger partial charge in [0, 0.05) is 12.1 Å². The maximum atomic E-state index is 3.43. The fraction of sp³-hybridized carbons (Fsp3) is 1.00. The van der Waals surface area contributed by atoms with Gasteiger partial charge in [-0.25, -0.2) is 0 Å². The van der Waals surface area contributed by atoms with Crippen LogP contribution in [0.2, 0.25) is 0 Å². The Balaban J connectivity index is 1.83. The van der Waals surface area contributed by atoms with Crippen molar-refractivity contribution in [2.45, 2.75) is 32.2 Å². The summed E-state index contributed by atoms with van der Waals surface area (Å²) in [5, 5.41) is 3.43. The van der Waals surface area contributed by atoms with Crippen LogP contribution in [0, 0.1) is 11.8 Å². The molecule has 1 heteroatoms. The Morgan fingerprint density at radius 3 is 2.33 bits per heavy atom. The SMILES string of the molecule is CC(C)C1CC2(CN2)C1. The fourth-order valence-corrected chi connectivity index (χ4v) is 1.83. The van der Waals surface area contributed by atoms with Crippen LogP contribution in [-0.4, -0.2) is 12.1 Å². The van der Waals surface area contributed by atoms with E-state index >= 15 is 0 Å². The Labute approximate surface area is 56.8 Å². The molecule has 1 saturated heterocycles. The third-order valence-corrected chi connectivity index (χ3v) is 2.93. The Kier molecular flexibility index (Phi) is 0.963. The van der Waals surface area contributed by atoms with E-state index in [0.717, 1.165) is 11.8 Å². The highest BCUT2D eigenvalue weighted by Crippen LogP contribution is 2.47. The highest BCUT2D eigenvalue weighted by atomic mass is 15.2. The Morgan fingerprint density at radius 1 is 1.44 bits per heavy atom. The van der Waals surface area contributed by atoms with Crippen LogP contribution in [0.25, 0.3) is 0 Å². The van der Waals surface area contributed by atoms with E-state index in [9.17, 15) is 0 Å². The van der Waals surface area contributed by atoms with Crippen molar-refractivity contribution < 1.29 is 0 Å². The second-order valence-corrected chi connectivity index (χ2v) is 4.05. The van der Waals surface area contributed by atoms with E-state index in [1.807, 2.05) is 0 Å². The zero-order valence-corrected chi connectivity index (χ0v) is 6.28. The molecule has 1 spiro atoms. The van der Waals surface area contributed by atoms with Crippen LogP contribution in [0.4, 0.5) is 0 Å². The molecule has 1 heterocycles. The first-order chi connectivity index (χ1) is 4.22. The van der Waals surface area contributed by atoms with Crippen LogP contribution in [0.5, 0.6) is 0 Å². The smallest absolute Gasteiger partial charge is 0.0312 e. The first-order valence-corrected chi connectivity index (χ1v) is 3.97. The average Bonchev–Trinajstić information content (AvgIpc) is 2.35. The summed E-state index contributed by atoms with van der Waals surface area (Å²) in [6, 6.07) is 0. The minimum Gasteiger partial charge on any atom is -0.308 e. The lowest BCUT2D eigenvalue weighted by Crippen LogP contribution is -2.37. The van der Waals surface area contributed by atoms with Gasteiger partial charge in [0.1, 0.15) is 0 Å². The minimum absolute atomic E-state index is 0.676.